The molecule has 0 amide bonds. The summed E-state index contributed by atoms with van der Waals surface area (Å²) in [6.45, 7) is 4.99. The third-order valence-corrected chi connectivity index (χ3v) is 8.17. The van der Waals surface area contributed by atoms with Crippen molar-refractivity contribution >= 4 is 33.1 Å². The highest BCUT2D eigenvalue weighted by Gasteiger charge is 2.12. The summed E-state index contributed by atoms with van der Waals surface area (Å²) >= 11 is 0. The molecule has 4 aromatic carbocycles. The van der Waals surface area contributed by atoms with Gasteiger partial charge >= 0.3 is 0 Å². The van der Waals surface area contributed by atoms with Gasteiger partial charge in [-0.2, -0.15) is 0 Å². The topological polar surface area (TPSA) is 9.23 Å². The van der Waals surface area contributed by atoms with Crippen LogP contribution in [0.25, 0.3) is 0 Å². The number of hydrogen-bond acceptors (Lipinski definition) is 1. The van der Waals surface area contributed by atoms with E-state index >= 15 is 0 Å². The van der Waals surface area contributed by atoms with E-state index in [1.54, 1.807) is 0 Å². The highest BCUT2D eigenvalue weighted by atomic mass is 31.1. The van der Waals surface area contributed by atoms with Crippen LogP contribution in [0.15, 0.2) is 97.1 Å². The molecule has 0 aliphatic rings. The van der Waals surface area contributed by atoms with Crippen molar-refractivity contribution in [1.82, 2.24) is 0 Å². The minimum atomic E-state index is 0.584. The number of rotatable bonds is 8. The molecule has 2 atom stereocenters. The first-order valence-electron chi connectivity index (χ1n) is 10.6. The van der Waals surface area contributed by atoms with Crippen molar-refractivity contribution in [2.24, 2.45) is 0 Å². The van der Waals surface area contributed by atoms with E-state index in [-0.39, 0.29) is 0 Å². The Morgan fingerprint density at radius 3 is 2.26 bits per heavy atom. The molecule has 2 unspecified atom stereocenters. The van der Waals surface area contributed by atoms with Crippen molar-refractivity contribution in [2.45, 2.75) is 26.6 Å². The van der Waals surface area contributed by atoms with Crippen LogP contribution in [-0.4, -0.2) is 0 Å². The third-order valence-electron chi connectivity index (χ3n) is 5.25. The zero-order valence-corrected chi connectivity index (χ0v) is 20.1. The van der Waals surface area contributed by atoms with Gasteiger partial charge in [-0.25, -0.2) is 0 Å². The van der Waals surface area contributed by atoms with Gasteiger partial charge in [-0.15, -0.1) is 0 Å². The van der Waals surface area contributed by atoms with Gasteiger partial charge in [0, 0.05) is 5.30 Å². The summed E-state index contributed by atoms with van der Waals surface area (Å²) in [4.78, 5) is 0. The van der Waals surface area contributed by atoms with Gasteiger partial charge in [0.2, 0.25) is 0 Å². The summed E-state index contributed by atoms with van der Waals surface area (Å²) in [6, 6.07) is 34.5. The molecule has 0 bridgehead atoms. The maximum atomic E-state index is 6.27. The highest BCUT2D eigenvalue weighted by Crippen LogP contribution is 2.27. The average molecular weight is 442 g/mol. The highest BCUT2D eigenvalue weighted by molar-refractivity contribution is 7.56. The SMILES string of the molecule is Cc1ccc(OCc2ccccc2)c(Pc2c(C)cccc2CPc2ccccc2)c1. The van der Waals surface area contributed by atoms with Crippen LogP contribution in [-0.2, 0) is 12.8 Å². The van der Waals surface area contributed by atoms with Crippen molar-refractivity contribution < 1.29 is 4.74 Å². The first kappa shape index (κ1) is 21.8. The predicted octanol–water partition coefficient (Wildman–Crippen LogP) is 6.02. The van der Waals surface area contributed by atoms with Crippen molar-refractivity contribution in [2.75, 3.05) is 0 Å². The molecule has 0 aliphatic carbocycles. The molecule has 0 N–H and O–H groups in total. The smallest absolute Gasteiger partial charge is 0.127 e. The van der Waals surface area contributed by atoms with Gasteiger partial charge in [-0.1, -0.05) is 108 Å². The minimum absolute atomic E-state index is 0.584. The maximum Gasteiger partial charge on any atom is 0.127 e. The molecule has 0 saturated heterocycles. The largest absolute Gasteiger partial charge is 0.488 e. The number of ether oxygens (including phenoxy) is 1. The molecule has 3 heteroatoms. The Kier molecular flexibility index (Phi) is 7.52. The van der Waals surface area contributed by atoms with Crippen molar-refractivity contribution in [3.63, 3.8) is 0 Å². The molecule has 1 nitrogen and oxygen atoms in total. The summed E-state index contributed by atoms with van der Waals surface area (Å²) < 4.78 is 6.27. The molecular weight excluding hydrogens is 414 g/mol. The molecule has 0 saturated carbocycles. The Morgan fingerprint density at radius 2 is 1.48 bits per heavy atom. The lowest BCUT2D eigenvalue weighted by molar-refractivity contribution is 0.309. The lowest BCUT2D eigenvalue weighted by atomic mass is 10.1. The second-order valence-electron chi connectivity index (χ2n) is 7.73. The van der Waals surface area contributed by atoms with E-state index in [4.69, 9.17) is 4.74 Å². The Morgan fingerprint density at radius 1 is 0.742 bits per heavy atom. The molecule has 0 aliphatic heterocycles. The predicted molar refractivity (Wildman–Crippen MR) is 139 cm³/mol. The molecule has 0 heterocycles. The molecule has 0 spiro atoms. The van der Waals surface area contributed by atoms with E-state index < -0.39 is 0 Å². The van der Waals surface area contributed by atoms with E-state index in [1.165, 1.54) is 38.2 Å². The van der Waals surface area contributed by atoms with E-state index in [2.05, 4.69) is 105 Å². The van der Waals surface area contributed by atoms with E-state index in [1.807, 2.05) is 6.07 Å². The summed E-state index contributed by atoms with van der Waals surface area (Å²) in [7, 11) is 1.37. The third kappa shape index (κ3) is 6.04. The second kappa shape index (κ2) is 10.7. The van der Waals surface area contributed by atoms with Crippen LogP contribution in [0.5, 0.6) is 5.75 Å². The number of aryl methyl sites for hydroxylation is 2. The van der Waals surface area contributed by atoms with Gasteiger partial charge in [0.25, 0.3) is 0 Å². The van der Waals surface area contributed by atoms with Crippen molar-refractivity contribution in [3.8, 4) is 5.75 Å². The standard InChI is InChI=1S/C28H28OP2/c1-21-16-17-26(29-19-23-11-5-3-6-12-23)27(18-21)31-28-22(2)10-9-13-24(28)20-30-25-14-7-4-8-15-25/h3-18,30-31H,19-20H2,1-2H3. The maximum absolute atomic E-state index is 6.27. The van der Waals surface area contributed by atoms with Gasteiger partial charge < -0.3 is 4.74 Å². The van der Waals surface area contributed by atoms with Crippen LogP contribution in [0.2, 0.25) is 0 Å². The number of hydrogen-bond donors (Lipinski definition) is 0. The average Bonchev–Trinajstić information content (AvgIpc) is 2.80. The zero-order chi connectivity index (χ0) is 21.5. The van der Waals surface area contributed by atoms with Crippen molar-refractivity contribution in [3.05, 3.63) is 119 Å². The van der Waals surface area contributed by atoms with Gasteiger partial charge in [-0.05, 0) is 59.4 Å². The zero-order valence-electron chi connectivity index (χ0n) is 18.1. The lowest BCUT2D eigenvalue weighted by Crippen LogP contribution is -2.14. The Hall–Kier alpha value is -2.46. The van der Waals surface area contributed by atoms with E-state index in [9.17, 15) is 0 Å². The second-order valence-corrected chi connectivity index (χ2v) is 10.3. The Labute approximate surface area is 189 Å². The normalized spacial score (nSPS) is 11.5. The number of benzene rings is 4. The monoisotopic (exact) mass is 442 g/mol. The van der Waals surface area contributed by atoms with Crippen LogP contribution >= 0.6 is 17.2 Å². The van der Waals surface area contributed by atoms with Crippen LogP contribution in [0.4, 0.5) is 0 Å². The molecule has 4 rings (SSSR count). The van der Waals surface area contributed by atoms with Crippen LogP contribution in [0, 0.1) is 13.8 Å². The Bertz CT molecular complexity index is 1120. The van der Waals surface area contributed by atoms with Crippen molar-refractivity contribution in [1.29, 1.82) is 0 Å². The molecule has 0 radical (unpaired) electrons. The quantitative estimate of drug-likeness (QED) is 0.304. The van der Waals surface area contributed by atoms with E-state index in [0.29, 0.717) is 15.2 Å². The van der Waals surface area contributed by atoms with Gasteiger partial charge in [0.1, 0.15) is 12.4 Å². The minimum Gasteiger partial charge on any atom is -0.488 e. The first-order valence-corrected chi connectivity index (χ1v) is 12.8. The summed E-state index contributed by atoms with van der Waals surface area (Å²) in [6.07, 6.45) is 1.08. The first-order chi connectivity index (χ1) is 15.2. The lowest BCUT2D eigenvalue weighted by Gasteiger charge is -2.17. The molecule has 0 fully saturated rings. The fraction of sp³-hybridized carbons (Fsp3) is 0.143. The Balaban J connectivity index is 1.56. The summed E-state index contributed by atoms with van der Waals surface area (Å²) in [5.74, 6) is 0.993. The molecule has 4 aromatic rings. The molecule has 31 heavy (non-hydrogen) atoms. The van der Waals surface area contributed by atoms with Crippen LogP contribution < -0.4 is 20.7 Å². The fourth-order valence-electron chi connectivity index (χ4n) is 3.55. The molecule has 156 valence electrons. The summed E-state index contributed by atoms with van der Waals surface area (Å²) in [5.41, 5.74) is 5.29. The van der Waals surface area contributed by atoms with Gasteiger partial charge in [-0.3, -0.25) is 0 Å². The molecular formula is C28H28OP2. The molecule has 0 aromatic heterocycles. The van der Waals surface area contributed by atoms with Gasteiger partial charge in [0.15, 0.2) is 0 Å². The van der Waals surface area contributed by atoms with E-state index in [0.717, 1.165) is 20.5 Å². The van der Waals surface area contributed by atoms with Crippen LogP contribution in [0.3, 0.4) is 0 Å². The van der Waals surface area contributed by atoms with Gasteiger partial charge in [0.05, 0.1) is 0 Å². The summed E-state index contributed by atoms with van der Waals surface area (Å²) in [5, 5.41) is 4.16. The fourth-order valence-corrected chi connectivity index (χ4v) is 6.30. The van der Waals surface area contributed by atoms with Crippen LogP contribution in [0.1, 0.15) is 22.3 Å².